The van der Waals surface area contributed by atoms with Crippen molar-refractivity contribution in [3.8, 4) is 0 Å². The van der Waals surface area contributed by atoms with Crippen molar-refractivity contribution in [1.29, 1.82) is 0 Å². The van der Waals surface area contributed by atoms with Gasteiger partial charge in [-0.05, 0) is 163 Å². The van der Waals surface area contributed by atoms with E-state index in [9.17, 15) is 70.2 Å². The number of hydrogen-bond acceptors (Lipinski definition) is 21. The van der Waals surface area contributed by atoms with E-state index in [-0.39, 0.29) is 141 Å². The lowest BCUT2D eigenvalue weighted by molar-refractivity contribution is -0.163. The second-order valence-electron chi connectivity index (χ2n) is 43.4. The maximum absolute atomic E-state index is 14.6. The van der Waals surface area contributed by atoms with Crippen LogP contribution in [0.3, 0.4) is 0 Å². The molecule has 16 fully saturated rings. The first-order chi connectivity index (χ1) is 53.0. The maximum atomic E-state index is 14.6. The molecule has 0 radical (unpaired) electrons. The van der Waals surface area contributed by atoms with Gasteiger partial charge in [0, 0.05) is 59.2 Å². The second-order valence-corrected chi connectivity index (χ2v) is 44.9. The van der Waals surface area contributed by atoms with E-state index < -0.39 is 150 Å². The van der Waals surface area contributed by atoms with Gasteiger partial charge >= 0.3 is 40.2 Å². The van der Waals surface area contributed by atoms with E-state index in [1.165, 1.54) is 6.92 Å². The summed E-state index contributed by atoms with van der Waals surface area (Å²) < 4.78 is 116. The van der Waals surface area contributed by atoms with Gasteiger partial charge in [0.2, 0.25) is 0 Å². The molecule has 116 heavy (non-hydrogen) atoms. The van der Waals surface area contributed by atoms with E-state index in [2.05, 4.69) is 109 Å². The predicted molar refractivity (Wildman–Crippen MR) is 414 cm³/mol. The predicted octanol–water partition coefficient (Wildman–Crippen LogP) is 16.2. The standard InChI is InChI=1S/C23H29F3O7S.C23H32O4.2C22H30O5.CH4/c1-9-8-21-10(2)7-13-15(20(13,5)6)14(17(21)27)16(33-34(29,30)23(24,25)26)11(3)18-22(21,12(9)4)32-19(28)31-18;1-10-9-22-11(2)8-15-17(21(15,6)7)16(18(22)24)12(3)13(4)19-23(22,14(10)5)27-20(25)26-19;1-9-8-21-10(2)7-13-15(20(13,5)6)14(17(21)24)11(3)12(4)18-22(21,16(9)23)27-19(25)26-18;1-9-8-21-10(2)7-13-15(20(13,5)6)14(17(21)24)16(23)11(3)18-22(21,12(9)4)27-19(25)26-18;/h8,10-16,18H,7H2,1-6H3;9,11-17,19H,8H2,1-7H3;2*8,10-16,18,23H,7H2,1-6H3;1H4/t10-,11+,12+,13-,14-,15-,16-,18-,21+,22-;11-,12-,13+,14+,15-,16+,17-,19-,22+,23-;10-,11-,12+,13-,14+,15-,16+,18-,21+,22-;10-,11+,12+,13-,14-,15-,16-,18-,21+,22-;/m1111./s1. The van der Waals surface area contributed by atoms with Crippen molar-refractivity contribution in [1.82, 2.24) is 0 Å². The molecule has 25 heteroatoms. The third-order valence-corrected chi connectivity index (χ3v) is 39.3. The number of ketones is 4. The summed E-state index contributed by atoms with van der Waals surface area (Å²) in [6.45, 7) is 51.5. The Morgan fingerprint density at radius 3 is 0.974 bits per heavy atom. The van der Waals surface area contributed by atoms with Crippen LogP contribution < -0.4 is 0 Å². The van der Waals surface area contributed by atoms with Crippen LogP contribution in [0.25, 0.3) is 0 Å². The number of aliphatic hydroxyl groups excluding tert-OH is 2. The molecule has 642 valence electrons. The molecule has 2 N–H and O–H groups in total. The fourth-order valence-electron chi connectivity index (χ4n) is 31.5. The Bertz CT molecular complexity index is 4280. The minimum Gasteiger partial charge on any atom is -0.426 e. The van der Waals surface area contributed by atoms with E-state index in [1.807, 2.05) is 68.4 Å². The van der Waals surface area contributed by atoms with Gasteiger partial charge in [-0.3, -0.25) is 23.4 Å². The summed E-state index contributed by atoms with van der Waals surface area (Å²) in [5.41, 5.74) is -10.6. The van der Waals surface area contributed by atoms with Gasteiger partial charge in [-0.2, -0.15) is 21.6 Å². The summed E-state index contributed by atoms with van der Waals surface area (Å²) in [4.78, 5) is 107. The van der Waals surface area contributed by atoms with E-state index in [1.54, 1.807) is 13.0 Å². The number of Topliss-reactive ketones (excluding diaryl/α,β-unsaturated/α-hetero) is 4. The summed E-state index contributed by atoms with van der Waals surface area (Å²) in [6, 6.07) is 0. The first kappa shape index (κ1) is 84.0. The number of fused-ring (bicyclic) bond motifs is 12. The molecule has 40 atom stereocenters. The normalized spacial score (nSPS) is 54.4. The zero-order chi connectivity index (χ0) is 84.4. The average Bonchev–Trinajstić information content (AvgIpc) is 1.51. The number of hydrogen-bond donors (Lipinski definition) is 2. The van der Waals surface area contributed by atoms with E-state index in [0.717, 1.165) is 36.0 Å². The van der Waals surface area contributed by atoms with Crippen LogP contribution in [0.2, 0.25) is 0 Å². The fourth-order valence-corrected chi connectivity index (χ4v) is 32.2. The summed E-state index contributed by atoms with van der Waals surface area (Å²) in [5, 5.41) is 22.6. The molecule has 12 saturated carbocycles. The van der Waals surface area contributed by atoms with E-state index >= 15 is 0 Å². The first-order valence-corrected chi connectivity index (χ1v) is 44.3. The molecule has 20 aliphatic rings. The summed E-state index contributed by atoms with van der Waals surface area (Å²) in [7, 11) is -6.02. The third-order valence-electron chi connectivity index (χ3n) is 38.3. The smallest absolute Gasteiger partial charge is 0.426 e. The molecule has 4 aliphatic heterocycles. The van der Waals surface area contributed by atoms with E-state index in [4.69, 9.17) is 42.1 Å². The van der Waals surface area contributed by atoms with Crippen LogP contribution in [0.15, 0.2) is 46.6 Å². The summed E-state index contributed by atoms with van der Waals surface area (Å²) in [6.07, 6.45) is 2.12. The number of ether oxygens (including phenoxy) is 8. The van der Waals surface area contributed by atoms with Gasteiger partial charge in [0.05, 0.1) is 39.8 Å². The molecule has 20 rings (SSSR count). The largest absolute Gasteiger partial charge is 0.523 e. The molecule has 0 aromatic heterocycles. The lowest BCUT2D eigenvalue weighted by Crippen LogP contribution is -2.64. The molecular weight excluding hydrogens is 1520 g/mol. The summed E-state index contributed by atoms with van der Waals surface area (Å²) >= 11 is 0. The molecule has 4 heterocycles. The van der Waals surface area contributed by atoms with Crippen molar-refractivity contribution in [2.24, 2.45) is 191 Å². The highest BCUT2D eigenvalue weighted by atomic mass is 32.2. The molecule has 16 aliphatic carbocycles. The van der Waals surface area contributed by atoms with Crippen molar-refractivity contribution >= 4 is 57.9 Å². The van der Waals surface area contributed by atoms with Crippen LogP contribution in [0.1, 0.15) is 206 Å². The van der Waals surface area contributed by atoms with Crippen LogP contribution in [0.4, 0.5) is 32.3 Å². The van der Waals surface area contributed by atoms with Gasteiger partial charge in [0.1, 0.15) is 12.2 Å². The zero-order valence-corrected chi connectivity index (χ0v) is 72.1. The van der Waals surface area contributed by atoms with Crippen LogP contribution >= 0.6 is 0 Å². The lowest BCUT2D eigenvalue weighted by Gasteiger charge is -2.47. The van der Waals surface area contributed by atoms with Gasteiger partial charge in [0.25, 0.3) is 0 Å². The fraction of sp³-hybridized carbons (Fsp3) is 0.824. The SMILES string of the molecule is C.CC1=C[C@]23C(=O)[C@@H]([C@H](C)[C@H](C)[C@H]4OC(=O)O[C@]42[C@H]1C)[C@H]1[C@@H](C[C@H]3C)C1(C)C.CC1=C[C@]23C(=O)[C@@H]([C@H](C)[C@H](C)[C@H]4OC(=O)O[C@]42[C@H]1O)[C@H]1[C@@H](C[C@H]3C)C1(C)C.CC1=C[C@]23C(=O)[C@@H]([C@H](O)[C@H](C)[C@H]4OC(=O)O[C@]42[C@H]1C)[C@H]1[C@@H](C[C@H]3C)C1(C)C.CC1=C[C@]23C(=O)[C@@H]([C@H](OS(=O)(=O)C(F)(F)F)[C@H](C)[C@H]4OC(=O)O[C@]42[C@H]1C)[C@H]1[C@@H](C[C@H]3C)C1(C)C. The van der Waals surface area contributed by atoms with Gasteiger partial charge in [-0.25, -0.2) is 19.2 Å². The Hall–Kier alpha value is -5.66. The minimum absolute atomic E-state index is 0. The average molecular weight is 1640 g/mol. The number of rotatable bonds is 2. The van der Waals surface area contributed by atoms with Crippen molar-refractivity contribution in [2.75, 3.05) is 0 Å². The van der Waals surface area contributed by atoms with Crippen molar-refractivity contribution < 1.29 is 112 Å². The van der Waals surface area contributed by atoms with Gasteiger partial charge < -0.3 is 48.1 Å². The Kier molecular flexibility index (Phi) is 18.0. The van der Waals surface area contributed by atoms with Crippen LogP contribution in [-0.2, 0) is 71.4 Å². The van der Waals surface area contributed by atoms with Gasteiger partial charge in [0.15, 0.2) is 63.8 Å². The molecule has 21 nitrogen and oxygen atoms in total. The highest BCUT2D eigenvalue weighted by Gasteiger charge is 2.87. The monoisotopic (exact) mass is 1640 g/mol. The Morgan fingerprint density at radius 2 is 0.638 bits per heavy atom. The molecule has 0 unspecified atom stereocenters. The topological polar surface area (TPSA) is 294 Å². The highest BCUT2D eigenvalue weighted by Crippen LogP contribution is 2.80. The molecule has 0 aromatic rings. The number of aliphatic hydroxyl groups is 2. The summed E-state index contributed by atoms with van der Waals surface area (Å²) in [5.74, 6) is -1.33. The van der Waals surface area contributed by atoms with Crippen molar-refractivity contribution in [2.45, 2.75) is 277 Å². The Morgan fingerprint density at radius 1 is 0.379 bits per heavy atom. The van der Waals surface area contributed by atoms with Gasteiger partial charge in [-0.15, -0.1) is 0 Å². The third kappa shape index (κ3) is 9.40. The Balaban J connectivity index is 0.000000116. The molecule has 0 aromatic carbocycles. The molecule has 8 bridgehead atoms. The van der Waals surface area contributed by atoms with Gasteiger partial charge in [-0.1, -0.05) is 194 Å². The molecule has 8 spiro atoms. The van der Waals surface area contributed by atoms with Crippen LogP contribution in [0.5, 0.6) is 0 Å². The Labute approximate surface area is 681 Å². The quantitative estimate of drug-likeness (QED) is 0.0853. The number of alkyl halides is 3. The van der Waals surface area contributed by atoms with Crippen molar-refractivity contribution in [3.63, 3.8) is 0 Å². The minimum atomic E-state index is -6.02. The van der Waals surface area contributed by atoms with E-state index in [0.29, 0.717) is 47.4 Å². The lowest BCUT2D eigenvalue weighted by atomic mass is 9.58. The molecule has 4 saturated heterocycles. The maximum Gasteiger partial charge on any atom is 0.523 e. The molecular formula is C91H125F3O21S. The number of halogens is 3. The zero-order valence-electron chi connectivity index (χ0n) is 71.3. The first-order valence-electron chi connectivity index (χ1n) is 42.9. The number of carbonyl (C=O) groups is 8. The van der Waals surface area contributed by atoms with Crippen molar-refractivity contribution in [3.05, 3.63) is 46.6 Å². The van der Waals surface area contributed by atoms with Crippen LogP contribution in [-0.4, -0.2) is 137 Å². The van der Waals surface area contributed by atoms with Crippen LogP contribution in [0, 0.1) is 191 Å². The molecule has 0 amide bonds. The highest BCUT2D eigenvalue weighted by molar-refractivity contribution is 7.87. The second kappa shape index (κ2) is 24.8. The number of carbonyl (C=O) groups excluding carboxylic acids is 8.